The van der Waals surface area contributed by atoms with Gasteiger partial charge in [-0.25, -0.2) is 0 Å². The third-order valence-electron chi connectivity index (χ3n) is 3.08. The van der Waals surface area contributed by atoms with Crippen LogP contribution in [0.15, 0.2) is 54.6 Å². The maximum atomic E-state index is 10.3. The molecule has 3 N–H and O–H groups in total. The van der Waals surface area contributed by atoms with E-state index in [9.17, 15) is 5.11 Å². The van der Waals surface area contributed by atoms with E-state index in [1.807, 2.05) is 49.4 Å². The van der Waals surface area contributed by atoms with Crippen molar-refractivity contribution in [3.8, 4) is 0 Å². The summed E-state index contributed by atoms with van der Waals surface area (Å²) in [4.78, 5) is 0. The summed E-state index contributed by atoms with van der Waals surface area (Å²) in [5, 5.41) is 17.5. The zero-order valence-electron chi connectivity index (χ0n) is 11.6. The monoisotopic (exact) mass is 320 g/mol. The van der Waals surface area contributed by atoms with Gasteiger partial charge < -0.3 is 15.7 Å². The van der Waals surface area contributed by atoms with Crippen molar-refractivity contribution in [3.63, 3.8) is 0 Å². The quantitative estimate of drug-likeness (QED) is 0.751. The predicted octanol–water partition coefficient (Wildman–Crippen LogP) is 3.75. The molecule has 2 rings (SSSR count). The minimum Gasteiger partial charge on any atom is -0.386 e. The Labute approximate surface area is 135 Å². The minimum atomic E-state index is -0.629. The summed E-state index contributed by atoms with van der Waals surface area (Å²) in [6.07, 6.45) is -0.629. The summed E-state index contributed by atoms with van der Waals surface area (Å²) in [5.41, 5.74) is 1.70. The number of halogens is 1. The Hall–Kier alpha value is -1.62. The van der Waals surface area contributed by atoms with Gasteiger partial charge >= 0.3 is 0 Å². The van der Waals surface area contributed by atoms with E-state index in [1.165, 1.54) is 0 Å². The van der Waals surface area contributed by atoms with Crippen molar-refractivity contribution in [1.82, 2.24) is 5.32 Å². The Balaban J connectivity index is 1.91. The van der Waals surface area contributed by atoms with Crippen LogP contribution in [0, 0.1) is 0 Å². The van der Waals surface area contributed by atoms with Crippen molar-refractivity contribution in [3.05, 3.63) is 65.2 Å². The molecule has 2 atom stereocenters. The second-order valence-corrected chi connectivity index (χ2v) is 5.59. The highest BCUT2D eigenvalue weighted by Crippen LogP contribution is 2.17. The van der Waals surface area contributed by atoms with Gasteiger partial charge in [-0.1, -0.05) is 41.9 Å². The number of benzene rings is 2. The molecule has 0 amide bonds. The van der Waals surface area contributed by atoms with Gasteiger partial charge in [-0.15, -0.1) is 0 Å². The summed E-state index contributed by atoms with van der Waals surface area (Å²) in [5.74, 6) is 0. The lowest BCUT2D eigenvalue weighted by Crippen LogP contribution is -2.39. The van der Waals surface area contributed by atoms with E-state index in [2.05, 4.69) is 10.6 Å². The van der Waals surface area contributed by atoms with Crippen molar-refractivity contribution in [2.45, 2.75) is 19.1 Å². The number of aliphatic hydroxyl groups excluding tert-OH is 1. The first-order chi connectivity index (χ1) is 10.1. The zero-order chi connectivity index (χ0) is 15.2. The Morgan fingerprint density at radius 1 is 1.10 bits per heavy atom. The number of aliphatic hydroxyl groups is 1. The molecular formula is C16H17ClN2OS. The van der Waals surface area contributed by atoms with Crippen molar-refractivity contribution in [2.24, 2.45) is 0 Å². The van der Waals surface area contributed by atoms with Gasteiger partial charge in [0.1, 0.15) is 0 Å². The van der Waals surface area contributed by atoms with Crippen LogP contribution in [-0.4, -0.2) is 16.3 Å². The SMILES string of the molecule is C[C@@H](NC(=S)Nc1ccc(Cl)cc1)[C@@H](O)c1ccccc1. The molecule has 0 saturated carbocycles. The molecule has 2 aromatic carbocycles. The minimum absolute atomic E-state index is 0.209. The van der Waals surface area contributed by atoms with Gasteiger partial charge in [0.2, 0.25) is 0 Å². The highest BCUT2D eigenvalue weighted by molar-refractivity contribution is 7.80. The third kappa shape index (κ3) is 4.70. The van der Waals surface area contributed by atoms with Crippen LogP contribution in [0.4, 0.5) is 5.69 Å². The van der Waals surface area contributed by atoms with Gasteiger partial charge in [0.05, 0.1) is 12.1 Å². The molecule has 0 saturated heterocycles. The van der Waals surface area contributed by atoms with Crippen molar-refractivity contribution < 1.29 is 5.11 Å². The van der Waals surface area contributed by atoms with E-state index in [0.717, 1.165) is 11.3 Å². The van der Waals surface area contributed by atoms with Crippen LogP contribution in [0.25, 0.3) is 0 Å². The Morgan fingerprint density at radius 3 is 2.33 bits per heavy atom. The molecule has 5 heteroatoms. The lowest BCUT2D eigenvalue weighted by atomic mass is 10.0. The summed E-state index contributed by atoms with van der Waals surface area (Å²) in [7, 11) is 0. The van der Waals surface area contributed by atoms with Crippen LogP contribution in [0.2, 0.25) is 5.02 Å². The summed E-state index contributed by atoms with van der Waals surface area (Å²) in [6.45, 7) is 1.88. The van der Waals surface area contributed by atoms with Gasteiger partial charge in [-0.05, 0) is 49.0 Å². The van der Waals surface area contributed by atoms with E-state index in [0.29, 0.717) is 10.1 Å². The maximum Gasteiger partial charge on any atom is 0.171 e. The summed E-state index contributed by atoms with van der Waals surface area (Å²) >= 11 is 11.1. The molecule has 0 aliphatic rings. The number of thiocarbonyl (C=S) groups is 1. The van der Waals surface area contributed by atoms with Gasteiger partial charge in [0.25, 0.3) is 0 Å². The molecule has 0 heterocycles. The molecule has 110 valence electrons. The first-order valence-corrected chi connectivity index (χ1v) is 7.41. The van der Waals surface area contributed by atoms with E-state index >= 15 is 0 Å². The summed E-state index contributed by atoms with van der Waals surface area (Å²) < 4.78 is 0. The molecule has 0 aromatic heterocycles. The van der Waals surface area contributed by atoms with Crippen LogP contribution < -0.4 is 10.6 Å². The average Bonchev–Trinajstić information content (AvgIpc) is 2.49. The highest BCUT2D eigenvalue weighted by Gasteiger charge is 2.16. The second kappa shape index (κ2) is 7.41. The van der Waals surface area contributed by atoms with Crippen LogP contribution >= 0.6 is 23.8 Å². The average molecular weight is 321 g/mol. The van der Waals surface area contributed by atoms with Gasteiger partial charge in [-0.2, -0.15) is 0 Å². The molecule has 0 fully saturated rings. The Bertz CT molecular complexity index is 589. The van der Waals surface area contributed by atoms with Gasteiger partial charge in [0, 0.05) is 10.7 Å². The number of nitrogens with one attached hydrogen (secondary N) is 2. The first-order valence-electron chi connectivity index (χ1n) is 6.62. The van der Waals surface area contributed by atoms with Gasteiger partial charge in [-0.3, -0.25) is 0 Å². The first kappa shape index (κ1) is 15.8. The number of hydrogen-bond donors (Lipinski definition) is 3. The molecule has 0 aliphatic carbocycles. The molecule has 0 spiro atoms. The molecular weight excluding hydrogens is 304 g/mol. The molecule has 0 aliphatic heterocycles. The molecule has 3 nitrogen and oxygen atoms in total. The molecule has 0 radical (unpaired) electrons. The lowest BCUT2D eigenvalue weighted by Gasteiger charge is -2.22. The van der Waals surface area contributed by atoms with Crippen LogP contribution in [0.1, 0.15) is 18.6 Å². The maximum absolute atomic E-state index is 10.3. The van der Waals surface area contributed by atoms with Crippen molar-refractivity contribution >= 4 is 34.6 Å². The zero-order valence-corrected chi connectivity index (χ0v) is 13.2. The highest BCUT2D eigenvalue weighted by atomic mass is 35.5. The third-order valence-corrected chi connectivity index (χ3v) is 3.55. The van der Waals surface area contributed by atoms with E-state index in [-0.39, 0.29) is 6.04 Å². The van der Waals surface area contributed by atoms with Gasteiger partial charge in [0.15, 0.2) is 5.11 Å². The Morgan fingerprint density at radius 2 is 1.71 bits per heavy atom. The fourth-order valence-electron chi connectivity index (χ4n) is 1.93. The lowest BCUT2D eigenvalue weighted by molar-refractivity contribution is 0.145. The van der Waals surface area contributed by atoms with E-state index in [1.54, 1.807) is 12.1 Å². The normalized spacial score (nSPS) is 13.3. The topological polar surface area (TPSA) is 44.3 Å². The standard InChI is InChI=1S/C16H17ClN2OS/c1-11(15(20)12-5-3-2-4-6-12)18-16(21)19-14-9-7-13(17)8-10-14/h2-11,15,20H,1H3,(H2,18,19,21)/t11-,15-/m1/s1. The van der Waals surface area contributed by atoms with E-state index < -0.39 is 6.10 Å². The smallest absolute Gasteiger partial charge is 0.171 e. The largest absolute Gasteiger partial charge is 0.386 e. The molecule has 0 bridgehead atoms. The summed E-state index contributed by atoms with van der Waals surface area (Å²) in [6, 6.07) is 16.5. The molecule has 21 heavy (non-hydrogen) atoms. The fraction of sp³-hybridized carbons (Fsp3) is 0.188. The van der Waals surface area contributed by atoms with Crippen LogP contribution in [-0.2, 0) is 0 Å². The Kier molecular flexibility index (Phi) is 5.56. The number of anilines is 1. The molecule has 0 unspecified atom stereocenters. The van der Waals surface area contributed by atoms with E-state index in [4.69, 9.17) is 23.8 Å². The van der Waals surface area contributed by atoms with Crippen LogP contribution in [0.5, 0.6) is 0 Å². The van der Waals surface area contributed by atoms with Crippen molar-refractivity contribution in [2.75, 3.05) is 5.32 Å². The number of rotatable bonds is 4. The number of hydrogen-bond acceptors (Lipinski definition) is 2. The van der Waals surface area contributed by atoms with Crippen molar-refractivity contribution in [1.29, 1.82) is 0 Å². The fourth-order valence-corrected chi connectivity index (χ4v) is 2.35. The predicted molar refractivity (Wildman–Crippen MR) is 91.7 cm³/mol. The molecule has 2 aromatic rings. The second-order valence-electron chi connectivity index (χ2n) is 4.75. The van der Waals surface area contributed by atoms with Crippen LogP contribution in [0.3, 0.4) is 0 Å².